The van der Waals surface area contributed by atoms with Gasteiger partial charge in [0.25, 0.3) is 0 Å². The van der Waals surface area contributed by atoms with E-state index in [1.807, 2.05) is 19.9 Å². The van der Waals surface area contributed by atoms with Gasteiger partial charge in [0.1, 0.15) is 5.76 Å². The Morgan fingerprint density at radius 3 is 2.94 bits per heavy atom. The first-order chi connectivity index (χ1) is 8.40. The molecule has 0 radical (unpaired) electrons. The van der Waals surface area contributed by atoms with Crippen LogP contribution in [0.1, 0.15) is 44.4 Å². The van der Waals surface area contributed by atoms with Crippen molar-refractivity contribution in [3.8, 4) is 0 Å². The van der Waals surface area contributed by atoms with Crippen LogP contribution in [0.3, 0.4) is 0 Å². The SMILES string of the molecule is COC(=O)CC1(C(C)(C)N)CCCc2occc21. The highest BCUT2D eigenvalue weighted by molar-refractivity contribution is 5.72. The summed E-state index contributed by atoms with van der Waals surface area (Å²) in [5, 5.41) is 0. The van der Waals surface area contributed by atoms with Gasteiger partial charge in [-0.2, -0.15) is 0 Å². The predicted molar refractivity (Wildman–Crippen MR) is 68.2 cm³/mol. The minimum Gasteiger partial charge on any atom is -0.469 e. The van der Waals surface area contributed by atoms with Crippen molar-refractivity contribution < 1.29 is 13.9 Å². The molecule has 4 heteroatoms. The largest absolute Gasteiger partial charge is 0.469 e. The van der Waals surface area contributed by atoms with Gasteiger partial charge in [-0.15, -0.1) is 0 Å². The molecule has 1 aliphatic carbocycles. The lowest BCUT2D eigenvalue weighted by Gasteiger charge is -2.46. The molecular formula is C14H21NO3. The van der Waals surface area contributed by atoms with Crippen molar-refractivity contribution in [1.29, 1.82) is 0 Å². The smallest absolute Gasteiger partial charge is 0.306 e. The van der Waals surface area contributed by atoms with Crippen LogP contribution in [0.4, 0.5) is 0 Å². The summed E-state index contributed by atoms with van der Waals surface area (Å²) in [7, 11) is 1.42. The summed E-state index contributed by atoms with van der Waals surface area (Å²) >= 11 is 0. The normalized spacial score (nSPS) is 23.6. The summed E-state index contributed by atoms with van der Waals surface area (Å²) in [5.74, 6) is 0.742. The van der Waals surface area contributed by atoms with Crippen LogP contribution >= 0.6 is 0 Å². The maximum atomic E-state index is 11.8. The fraction of sp³-hybridized carbons (Fsp3) is 0.643. The minimum absolute atomic E-state index is 0.220. The van der Waals surface area contributed by atoms with Crippen LogP contribution in [0.5, 0.6) is 0 Å². The molecule has 0 bridgehead atoms. The van der Waals surface area contributed by atoms with Gasteiger partial charge in [-0.05, 0) is 32.8 Å². The summed E-state index contributed by atoms with van der Waals surface area (Å²) in [5.41, 5.74) is 6.56. The summed E-state index contributed by atoms with van der Waals surface area (Å²) in [4.78, 5) is 11.8. The molecule has 1 aromatic rings. The zero-order valence-electron chi connectivity index (χ0n) is 11.3. The topological polar surface area (TPSA) is 65.5 Å². The lowest BCUT2D eigenvalue weighted by Crippen LogP contribution is -2.56. The number of esters is 1. The molecule has 0 aromatic carbocycles. The molecule has 18 heavy (non-hydrogen) atoms. The average Bonchev–Trinajstić information content (AvgIpc) is 2.76. The Morgan fingerprint density at radius 2 is 2.33 bits per heavy atom. The molecule has 4 nitrogen and oxygen atoms in total. The number of aryl methyl sites for hydroxylation is 1. The highest BCUT2D eigenvalue weighted by atomic mass is 16.5. The zero-order chi connectivity index (χ0) is 13.4. The van der Waals surface area contributed by atoms with E-state index < -0.39 is 5.54 Å². The Bertz CT molecular complexity index is 444. The summed E-state index contributed by atoms with van der Waals surface area (Å²) in [6.45, 7) is 3.94. The number of carbonyl (C=O) groups excluding carboxylic acids is 1. The summed E-state index contributed by atoms with van der Waals surface area (Å²) < 4.78 is 10.4. The van der Waals surface area contributed by atoms with Gasteiger partial charge in [0.15, 0.2) is 0 Å². The molecule has 2 rings (SSSR count). The number of nitrogens with two attached hydrogens (primary N) is 1. The number of methoxy groups -OCH3 is 1. The van der Waals surface area contributed by atoms with Crippen LogP contribution in [-0.4, -0.2) is 18.6 Å². The number of carbonyl (C=O) groups is 1. The maximum absolute atomic E-state index is 11.8. The number of furan rings is 1. The third kappa shape index (κ3) is 1.94. The lowest BCUT2D eigenvalue weighted by molar-refractivity contribution is -0.143. The van der Waals surface area contributed by atoms with E-state index in [1.165, 1.54) is 7.11 Å². The van der Waals surface area contributed by atoms with Crippen molar-refractivity contribution in [3.05, 3.63) is 23.7 Å². The van der Waals surface area contributed by atoms with E-state index in [2.05, 4.69) is 0 Å². The lowest BCUT2D eigenvalue weighted by atomic mass is 9.60. The standard InChI is InChI=1S/C14H21NO3/c1-13(2,15)14(9-12(16)17-3)7-4-5-11-10(14)6-8-18-11/h6,8H,4-5,7,9,15H2,1-3H3. The molecule has 0 aliphatic heterocycles. The second-order valence-corrected chi connectivity index (χ2v) is 5.67. The van der Waals surface area contributed by atoms with E-state index in [1.54, 1.807) is 6.26 Å². The maximum Gasteiger partial charge on any atom is 0.306 e. The molecule has 0 saturated carbocycles. The van der Waals surface area contributed by atoms with Crippen LogP contribution in [0.25, 0.3) is 0 Å². The second kappa shape index (κ2) is 4.43. The van der Waals surface area contributed by atoms with Crippen LogP contribution in [-0.2, 0) is 21.4 Å². The van der Waals surface area contributed by atoms with Crippen molar-refractivity contribution >= 4 is 5.97 Å². The Kier molecular flexibility index (Phi) is 3.23. The van der Waals surface area contributed by atoms with E-state index in [0.717, 1.165) is 30.6 Å². The molecule has 2 N–H and O–H groups in total. The van der Waals surface area contributed by atoms with Crippen LogP contribution in [0.2, 0.25) is 0 Å². The Morgan fingerprint density at radius 1 is 1.61 bits per heavy atom. The van der Waals surface area contributed by atoms with Gasteiger partial charge in [-0.3, -0.25) is 4.79 Å². The first-order valence-electron chi connectivity index (χ1n) is 6.33. The van der Waals surface area contributed by atoms with Gasteiger partial charge in [0, 0.05) is 22.9 Å². The van der Waals surface area contributed by atoms with Crippen LogP contribution in [0.15, 0.2) is 16.7 Å². The quantitative estimate of drug-likeness (QED) is 0.836. The molecule has 1 heterocycles. The molecule has 100 valence electrons. The molecule has 1 atom stereocenters. The molecule has 1 unspecified atom stereocenters. The van der Waals surface area contributed by atoms with Gasteiger partial charge in [0.05, 0.1) is 19.8 Å². The van der Waals surface area contributed by atoms with Gasteiger partial charge in [-0.1, -0.05) is 0 Å². The summed E-state index contributed by atoms with van der Waals surface area (Å²) in [6.07, 6.45) is 4.78. The average molecular weight is 251 g/mol. The fourth-order valence-corrected chi connectivity index (χ4v) is 3.05. The van der Waals surface area contributed by atoms with Crippen molar-refractivity contribution in [3.63, 3.8) is 0 Å². The Balaban J connectivity index is 2.49. The highest BCUT2D eigenvalue weighted by Gasteiger charge is 2.49. The van der Waals surface area contributed by atoms with E-state index in [9.17, 15) is 4.79 Å². The second-order valence-electron chi connectivity index (χ2n) is 5.67. The molecule has 0 saturated heterocycles. The van der Waals surface area contributed by atoms with Crippen molar-refractivity contribution in [2.45, 2.75) is 50.5 Å². The molecular weight excluding hydrogens is 230 g/mol. The van der Waals surface area contributed by atoms with Gasteiger partial charge < -0.3 is 14.9 Å². The van der Waals surface area contributed by atoms with Gasteiger partial charge >= 0.3 is 5.97 Å². The van der Waals surface area contributed by atoms with Crippen molar-refractivity contribution in [2.75, 3.05) is 7.11 Å². The molecule has 0 spiro atoms. The minimum atomic E-state index is -0.500. The van der Waals surface area contributed by atoms with Crippen LogP contribution in [0, 0.1) is 0 Å². The predicted octanol–water partition coefficient (Wildman–Crippen LogP) is 2.15. The fourth-order valence-electron chi connectivity index (χ4n) is 3.05. The first-order valence-corrected chi connectivity index (χ1v) is 6.33. The van der Waals surface area contributed by atoms with E-state index in [-0.39, 0.29) is 11.4 Å². The van der Waals surface area contributed by atoms with Crippen LogP contribution < -0.4 is 5.73 Å². The number of ether oxygens (including phenoxy) is 1. The van der Waals surface area contributed by atoms with Gasteiger partial charge in [-0.25, -0.2) is 0 Å². The third-order valence-corrected chi connectivity index (χ3v) is 4.18. The number of hydrogen-bond donors (Lipinski definition) is 1. The van der Waals surface area contributed by atoms with E-state index in [4.69, 9.17) is 14.9 Å². The monoisotopic (exact) mass is 251 g/mol. The zero-order valence-corrected chi connectivity index (χ0v) is 11.3. The first kappa shape index (κ1) is 13.1. The number of rotatable bonds is 3. The molecule has 0 amide bonds. The number of fused-ring (bicyclic) bond motifs is 1. The molecule has 0 fully saturated rings. The van der Waals surface area contributed by atoms with Crippen molar-refractivity contribution in [2.24, 2.45) is 5.73 Å². The molecule has 1 aliphatic rings. The van der Waals surface area contributed by atoms with Gasteiger partial charge in [0.2, 0.25) is 0 Å². The van der Waals surface area contributed by atoms with E-state index in [0.29, 0.717) is 6.42 Å². The highest BCUT2D eigenvalue weighted by Crippen LogP contribution is 2.47. The third-order valence-electron chi connectivity index (χ3n) is 4.18. The van der Waals surface area contributed by atoms with Crippen molar-refractivity contribution in [1.82, 2.24) is 0 Å². The Labute approximate surface area is 107 Å². The van der Waals surface area contributed by atoms with E-state index >= 15 is 0 Å². The Hall–Kier alpha value is -1.29. The number of hydrogen-bond acceptors (Lipinski definition) is 4. The molecule has 1 aromatic heterocycles. The summed E-state index contributed by atoms with van der Waals surface area (Å²) in [6, 6.07) is 1.95.